The van der Waals surface area contributed by atoms with E-state index in [0.29, 0.717) is 29.5 Å². The number of rotatable bonds is 8. The molecular formula is C27H30N8O. The quantitative estimate of drug-likeness (QED) is 0.364. The molecule has 3 heterocycles. The summed E-state index contributed by atoms with van der Waals surface area (Å²) in [6, 6.07) is 10.6. The van der Waals surface area contributed by atoms with Gasteiger partial charge < -0.3 is 10.3 Å². The second kappa shape index (κ2) is 9.26. The summed E-state index contributed by atoms with van der Waals surface area (Å²) < 4.78 is 1.88. The molecule has 1 aromatic carbocycles. The number of hydrogen-bond donors (Lipinski definition) is 2. The number of hydrogen-bond acceptors (Lipinski definition) is 6. The Labute approximate surface area is 209 Å². The van der Waals surface area contributed by atoms with E-state index in [0.717, 1.165) is 29.6 Å². The highest BCUT2D eigenvalue weighted by Gasteiger charge is 2.35. The molecule has 2 aliphatic carbocycles. The third kappa shape index (κ3) is 4.06. The molecule has 2 unspecified atom stereocenters. The number of aromatic nitrogens is 6. The van der Waals surface area contributed by atoms with Crippen molar-refractivity contribution in [2.45, 2.75) is 64.0 Å². The predicted octanol–water partition coefficient (Wildman–Crippen LogP) is 5.01. The molecule has 184 valence electrons. The van der Waals surface area contributed by atoms with E-state index in [1.807, 2.05) is 21.6 Å². The number of fused-ring (bicyclic) bond motifs is 1. The van der Waals surface area contributed by atoms with E-state index in [2.05, 4.69) is 45.6 Å². The lowest BCUT2D eigenvalue weighted by molar-refractivity contribution is 0.327. The van der Waals surface area contributed by atoms with Crippen molar-refractivity contribution in [3.8, 4) is 6.07 Å². The van der Waals surface area contributed by atoms with Crippen LogP contribution in [-0.4, -0.2) is 29.8 Å². The van der Waals surface area contributed by atoms with Crippen LogP contribution in [0.15, 0.2) is 47.7 Å². The Kier molecular flexibility index (Phi) is 5.80. The minimum Gasteiger partial charge on any atom is -0.338 e. The third-order valence-electron chi connectivity index (χ3n) is 7.79. The number of aryl methyl sites for hydroxylation is 1. The van der Waals surface area contributed by atoms with Gasteiger partial charge in [0, 0.05) is 11.9 Å². The van der Waals surface area contributed by atoms with Gasteiger partial charge in [0.05, 0.1) is 42.5 Å². The van der Waals surface area contributed by atoms with Crippen LogP contribution in [0, 0.1) is 30.1 Å². The van der Waals surface area contributed by atoms with E-state index in [9.17, 15) is 10.1 Å². The molecule has 4 aromatic rings. The SMILES string of the molecule is Cc1cc(Nc2nn(C(CC#N)C3CC3)c3cc[nH]c(=O)c23)ccc1C(C1CCCC1)n1nccn1. The number of benzene rings is 1. The summed E-state index contributed by atoms with van der Waals surface area (Å²) in [6.07, 6.45) is 12.6. The van der Waals surface area contributed by atoms with Crippen LogP contribution < -0.4 is 10.9 Å². The van der Waals surface area contributed by atoms with Crippen molar-refractivity contribution in [2.24, 2.45) is 11.8 Å². The van der Waals surface area contributed by atoms with Crippen molar-refractivity contribution >= 4 is 22.4 Å². The maximum Gasteiger partial charge on any atom is 0.261 e. The average molecular weight is 483 g/mol. The van der Waals surface area contributed by atoms with Crippen molar-refractivity contribution in [3.63, 3.8) is 0 Å². The molecular weight excluding hydrogens is 452 g/mol. The van der Waals surface area contributed by atoms with Crippen molar-refractivity contribution in [1.29, 1.82) is 5.26 Å². The van der Waals surface area contributed by atoms with E-state index in [1.165, 1.54) is 31.2 Å². The maximum atomic E-state index is 12.8. The van der Waals surface area contributed by atoms with Crippen molar-refractivity contribution < 1.29 is 0 Å². The zero-order valence-corrected chi connectivity index (χ0v) is 20.4. The van der Waals surface area contributed by atoms with Crippen LogP contribution in [0.4, 0.5) is 11.5 Å². The molecule has 9 heteroatoms. The van der Waals surface area contributed by atoms with E-state index in [1.54, 1.807) is 18.6 Å². The first kappa shape index (κ1) is 22.5. The van der Waals surface area contributed by atoms with Gasteiger partial charge in [-0.05, 0) is 73.8 Å². The van der Waals surface area contributed by atoms with Gasteiger partial charge in [0.1, 0.15) is 5.39 Å². The highest BCUT2D eigenvalue weighted by molar-refractivity contribution is 5.91. The van der Waals surface area contributed by atoms with Crippen molar-refractivity contribution in [1.82, 2.24) is 29.8 Å². The van der Waals surface area contributed by atoms with Gasteiger partial charge in [-0.25, -0.2) is 0 Å². The number of nitrogens with zero attached hydrogens (tertiary/aromatic N) is 6. The van der Waals surface area contributed by atoms with Crippen LogP contribution in [0.2, 0.25) is 0 Å². The fraction of sp³-hybridized carbons (Fsp3) is 0.444. The van der Waals surface area contributed by atoms with E-state index >= 15 is 0 Å². The summed E-state index contributed by atoms with van der Waals surface area (Å²) in [5.74, 6) is 1.47. The number of pyridine rings is 1. The summed E-state index contributed by atoms with van der Waals surface area (Å²) in [4.78, 5) is 17.5. The molecule has 9 nitrogen and oxygen atoms in total. The van der Waals surface area contributed by atoms with Crippen LogP contribution in [-0.2, 0) is 0 Å². The Hall–Kier alpha value is -3.93. The minimum absolute atomic E-state index is 0.0206. The van der Waals surface area contributed by atoms with Crippen LogP contribution in [0.25, 0.3) is 10.9 Å². The van der Waals surface area contributed by atoms with Gasteiger partial charge in [0.15, 0.2) is 5.82 Å². The first-order valence-corrected chi connectivity index (χ1v) is 12.8. The lowest BCUT2D eigenvalue weighted by Crippen LogP contribution is -2.22. The molecule has 0 amide bonds. The van der Waals surface area contributed by atoms with Gasteiger partial charge in [0.2, 0.25) is 0 Å². The summed E-state index contributed by atoms with van der Waals surface area (Å²) in [6.45, 7) is 2.12. The second-order valence-electron chi connectivity index (χ2n) is 10.2. The molecule has 36 heavy (non-hydrogen) atoms. The monoisotopic (exact) mass is 482 g/mol. The number of aromatic amines is 1. The fourth-order valence-corrected chi connectivity index (χ4v) is 5.90. The van der Waals surface area contributed by atoms with Gasteiger partial charge >= 0.3 is 0 Å². The Morgan fingerprint density at radius 3 is 2.61 bits per heavy atom. The lowest BCUT2D eigenvalue weighted by atomic mass is 9.89. The summed E-state index contributed by atoms with van der Waals surface area (Å²) in [5.41, 5.74) is 3.81. The minimum atomic E-state index is -0.188. The number of nitriles is 1. The predicted molar refractivity (Wildman–Crippen MR) is 137 cm³/mol. The maximum absolute atomic E-state index is 12.8. The van der Waals surface area contributed by atoms with Crippen LogP contribution in [0.1, 0.15) is 68.2 Å². The Morgan fingerprint density at radius 2 is 1.92 bits per heavy atom. The van der Waals surface area contributed by atoms with Crippen molar-refractivity contribution in [3.05, 3.63) is 64.3 Å². The van der Waals surface area contributed by atoms with E-state index in [4.69, 9.17) is 5.10 Å². The Morgan fingerprint density at radius 1 is 1.14 bits per heavy atom. The molecule has 0 aliphatic heterocycles. The number of nitrogens with one attached hydrogen (secondary N) is 2. The molecule has 0 bridgehead atoms. The second-order valence-corrected chi connectivity index (χ2v) is 10.2. The summed E-state index contributed by atoms with van der Waals surface area (Å²) in [5, 5.41) is 27.1. The van der Waals surface area contributed by atoms with Gasteiger partial charge in [0.25, 0.3) is 5.56 Å². The first-order valence-electron chi connectivity index (χ1n) is 12.8. The molecule has 6 rings (SSSR count). The molecule has 0 saturated heterocycles. The smallest absolute Gasteiger partial charge is 0.261 e. The zero-order chi connectivity index (χ0) is 24.6. The zero-order valence-electron chi connectivity index (χ0n) is 20.4. The average Bonchev–Trinajstić information content (AvgIpc) is 3.24. The molecule has 2 aliphatic rings. The van der Waals surface area contributed by atoms with Gasteiger partial charge in [-0.3, -0.25) is 9.48 Å². The normalized spacial score (nSPS) is 17.8. The Bertz CT molecular complexity index is 1470. The molecule has 2 atom stereocenters. The first-order chi connectivity index (χ1) is 17.6. The molecule has 3 aromatic heterocycles. The lowest BCUT2D eigenvalue weighted by Gasteiger charge is -2.25. The standard InChI is InChI=1S/C27H30N8O/c1-17-16-20(8-9-21(17)25(19-4-2-3-5-19)35-30-14-15-31-35)32-26-24-23(11-13-29-27(24)36)34(33-26)22(10-12-28)18-6-7-18/h8-9,11,13-16,18-19,22,25H,2-7,10H2,1H3,(H,29,36)(H,32,33). The highest BCUT2D eigenvalue weighted by atomic mass is 16.1. The van der Waals surface area contributed by atoms with Crippen molar-refractivity contribution in [2.75, 3.05) is 5.32 Å². The van der Waals surface area contributed by atoms with Crippen LogP contribution in [0.5, 0.6) is 0 Å². The Balaban J connectivity index is 1.36. The number of H-pyrrole nitrogens is 1. The molecule has 0 spiro atoms. The molecule has 2 saturated carbocycles. The van der Waals surface area contributed by atoms with Crippen LogP contribution >= 0.6 is 0 Å². The number of anilines is 2. The highest BCUT2D eigenvalue weighted by Crippen LogP contribution is 2.43. The van der Waals surface area contributed by atoms with Crippen LogP contribution in [0.3, 0.4) is 0 Å². The summed E-state index contributed by atoms with van der Waals surface area (Å²) in [7, 11) is 0. The van der Waals surface area contributed by atoms with Gasteiger partial charge in [-0.2, -0.15) is 25.4 Å². The van der Waals surface area contributed by atoms with E-state index in [-0.39, 0.29) is 17.6 Å². The largest absolute Gasteiger partial charge is 0.338 e. The fourth-order valence-electron chi connectivity index (χ4n) is 5.90. The van der Waals surface area contributed by atoms with E-state index < -0.39 is 0 Å². The van der Waals surface area contributed by atoms with Gasteiger partial charge in [-0.1, -0.05) is 18.9 Å². The summed E-state index contributed by atoms with van der Waals surface area (Å²) >= 11 is 0. The molecule has 2 N–H and O–H groups in total. The molecule has 0 radical (unpaired) electrons. The molecule has 2 fully saturated rings. The topological polar surface area (TPSA) is 117 Å². The van der Waals surface area contributed by atoms with Gasteiger partial charge in [-0.15, -0.1) is 0 Å². The third-order valence-corrected chi connectivity index (χ3v) is 7.79.